The van der Waals surface area contributed by atoms with Crippen LogP contribution < -0.4 is 5.32 Å². The molecule has 1 saturated heterocycles. The lowest BCUT2D eigenvalue weighted by atomic mass is 9.85. The molecule has 0 spiro atoms. The number of ether oxygens (including phenoxy) is 1. The Morgan fingerprint density at radius 1 is 1.27 bits per heavy atom. The quantitative estimate of drug-likeness (QED) is 0.438. The zero-order chi connectivity index (χ0) is 16.3. The highest BCUT2D eigenvalue weighted by Crippen LogP contribution is 2.34. The van der Waals surface area contributed by atoms with Gasteiger partial charge in [-0.25, -0.2) is 0 Å². The highest BCUT2D eigenvalue weighted by Gasteiger charge is 2.47. The molecule has 7 heteroatoms. The van der Waals surface area contributed by atoms with E-state index in [1.165, 1.54) is 6.92 Å². The number of rotatable bonds is 5. The summed E-state index contributed by atoms with van der Waals surface area (Å²) >= 11 is 0. The van der Waals surface area contributed by atoms with E-state index in [2.05, 4.69) is 5.32 Å². The maximum atomic E-state index is 12.2. The minimum absolute atomic E-state index is 0.332. The number of likely N-dealkylation sites (tertiary alicyclic amines) is 1. The van der Waals surface area contributed by atoms with Crippen LogP contribution in [0.25, 0.3) is 0 Å². The number of nitrogens with zero attached hydrogens (tertiary/aromatic N) is 1. The van der Waals surface area contributed by atoms with Crippen molar-refractivity contribution in [2.24, 2.45) is 11.8 Å². The second kappa shape index (κ2) is 6.72. The Hall–Kier alpha value is -2.18. The number of likely N-dealkylation sites (N-methyl/N-ethyl adjacent to an activating group) is 1. The molecule has 0 aromatic heterocycles. The summed E-state index contributed by atoms with van der Waals surface area (Å²) in [5, 5.41) is 2.53. The number of allylic oxidation sites excluding steroid dienone is 2. The van der Waals surface area contributed by atoms with E-state index in [4.69, 9.17) is 4.74 Å². The summed E-state index contributed by atoms with van der Waals surface area (Å²) in [6.07, 6.45) is 3.85. The summed E-state index contributed by atoms with van der Waals surface area (Å²) in [7, 11) is 0. The van der Waals surface area contributed by atoms with Crippen molar-refractivity contribution in [3.05, 3.63) is 12.2 Å². The molecule has 1 heterocycles. The van der Waals surface area contributed by atoms with Crippen molar-refractivity contribution in [3.63, 3.8) is 0 Å². The van der Waals surface area contributed by atoms with Crippen molar-refractivity contribution >= 4 is 23.7 Å². The number of fused-ring (bicyclic) bond motifs is 1. The molecule has 0 unspecified atom stereocenters. The first-order chi connectivity index (χ1) is 10.5. The Labute approximate surface area is 128 Å². The fourth-order valence-corrected chi connectivity index (χ4v) is 2.76. The molecule has 1 aliphatic heterocycles. The molecule has 120 valence electrons. The van der Waals surface area contributed by atoms with Crippen LogP contribution in [0.2, 0.25) is 0 Å². The Morgan fingerprint density at radius 3 is 2.32 bits per heavy atom. The van der Waals surface area contributed by atoms with Crippen molar-refractivity contribution in [2.75, 3.05) is 13.1 Å². The second-order valence-electron chi connectivity index (χ2n) is 5.45. The molecule has 0 aromatic carbocycles. The van der Waals surface area contributed by atoms with Crippen LogP contribution in [-0.4, -0.2) is 47.8 Å². The Bertz CT molecular complexity index is 502. The van der Waals surface area contributed by atoms with Crippen LogP contribution in [0.5, 0.6) is 0 Å². The van der Waals surface area contributed by atoms with Gasteiger partial charge in [-0.15, -0.1) is 0 Å². The van der Waals surface area contributed by atoms with Gasteiger partial charge in [0.25, 0.3) is 5.91 Å². The lowest BCUT2D eigenvalue weighted by Gasteiger charge is -2.16. The third-order valence-electron chi connectivity index (χ3n) is 3.91. The summed E-state index contributed by atoms with van der Waals surface area (Å²) in [6, 6.07) is 0. The maximum Gasteiger partial charge on any atom is 0.326 e. The molecule has 2 aliphatic rings. The van der Waals surface area contributed by atoms with Crippen LogP contribution in [0, 0.1) is 11.8 Å². The van der Waals surface area contributed by atoms with Crippen LogP contribution in [0.4, 0.5) is 0 Å². The number of amides is 3. The minimum Gasteiger partial charge on any atom is -0.451 e. The van der Waals surface area contributed by atoms with E-state index >= 15 is 0 Å². The van der Waals surface area contributed by atoms with Crippen LogP contribution in [0.3, 0.4) is 0 Å². The normalized spacial score (nSPS) is 24.9. The zero-order valence-electron chi connectivity index (χ0n) is 12.7. The van der Waals surface area contributed by atoms with Gasteiger partial charge in [0.1, 0.15) is 6.54 Å². The van der Waals surface area contributed by atoms with Crippen molar-refractivity contribution < 1.29 is 23.9 Å². The van der Waals surface area contributed by atoms with E-state index < -0.39 is 24.5 Å². The van der Waals surface area contributed by atoms with Crippen molar-refractivity contribution in [1.29, 1.82) is 0 Å². The molecule has 0 bridgehead atoms. The van der Waals surface area contributed by atoms with Gasteiger partial charge in [0.2, 0.25) is 11.8 Å². The summed E-state index contributed by atoms with van der Waals surface area (Å²) < 4.78 is 4.96. The van der Waals surface area contributed by atoms with Gasteiger partial charge < -0.3 is 10.1 Å². The predicted molar refractivity (Wildman–Crippen MR) is 76.3 cm³/mol. The lowest BCUT2D eigenvalue weighted by Crippen LogP contribution is -2.40. The fourth-order valence-electron chi connectivity index (χ4n) is 2.76. The summed E-state index contributed by atoms with van der Waals surface area (Å²) in [6.45, 7) is 3.19. The van der Waals surface area contributed by atoms with E-state index in [0.717, 1.165) is 4.90 Å². The molecule has 1 fully saturated rings. The third kappa shape index (κ3) is 3.18. The first kappa shape index (κ1) is 16.2. The van der Waals surface area contributed by atoms with E-state index in [9.17, 15) is 19.2 Å². The average molecular weight is 308 g/mol. The van der Waals surface area contributed by atoms with Gasteiger partial charge in [0.05, 0.1) is 11.8 Å². The van der Waals surface area contributed by atoms with E-state index in [0.29, 0.717) is 19.4 Å². The maximum absolute atomic E-state index is 12.2. The number of esters is 1. The highest BCUT2D eigenvalue weighted by atomic mass is 16.5. The Kier molecular flexibility index (Phi) is 4.95. The molecule has 0 radical (unpaired) electrons. The highest BCUT2D eigenvalue weighted by molar-refractivity contribution is 6.07. The molecule has 1 N–H and O–H groups in total. The number of imide groups is 1. The number of nitrogens with one attached hydrogen (secondary N) is 1. The first-order valence-corrected chi connectivity index (χ1v) is 7.43. The Morgan fingerprint density at radius 2 is 1.82 bits per heavy atom. The van der Waals surface area contributed by atoms with E-state index in [1.807, 2.05) is 12.2 Å². The monoisotopic (exact) mass is 308 g/mol. The lowest BCUT2D eigenvalue weighted by molar-refractivity contribution is -0.159. The first-order valence-electron chi connectivity index (χ1n) is 7.43. The molecular formula is C15H20N2O5. The van der Waals surface area contributed by atoms with E-state index in [1.54, 1.807) is 6.92 Å². The molecule has 0 saturated carbocycles. The average Bonchev–Trinajstić information content (AvgIpc) is 2.73. The largest absolute Gasteiger partial charge is 0.451 e. The van der Waals surface area contributed by atoms with Crippen LogP contribution in [0.15, 0.2) is 12.2 Å². The standard InChI is InChI=1S/C15H20N2O5/c1-3-16-13(19)9(2)22-12(18)8-17-14(20)10-6-4-5-7-11(10)15(17)21/h4-5,9-11H,3,6-8H2,1-2H3,(H,16,19)/t9-,10-,11+/m1/s1. The van der Waals surface area contributed by atoms with Gasteiger partial charge >= 0.3 is 5.97 Å². The van der Waals surface area contributed by atoms with Gasteiger partial charge in [0, 0.05) is 6.54 Å². The third-order valence-corrected chi connectivity index (χ3v) is 3.91. The molecule has 1 aliphatic carbocycles. The predicted octanol–water partition coefficient (Wildman–Crippen LogP) is 0.00540. The summed E-state index contributed by atoms with van der Waals surface area (Å²) in [5.74, 6) is -2.57. The smallest absolute Gasteiger partial charge is 0.326 e. The molecule has 3 amide bonds. The van der Waals surface area contributed by atoms with Gasteiger partial charge in [-0.3, -0.25) is 24.1 Å². The van der Waals surface area contributed by atoms with Crippen molar-refractivity contribution in [1.82, 2.24) is 10.2 Å². The molecule has 3 atom stereocenters. The topological polar surface area (TPSA) is 92.8 Å². The molecule has 22 heavy (non-hydrogen) atoms. The second-order valence-corrected chi connectivity index (χ2v) is 5.45. The number of carbonyl (C=O) groups excluding carboxylic acids is 4. The van der Waals surface area contributed by atoms with Crippen molar-refractivity contribution in [3.8, 4) is 0 Å². The van der Waals surface area contributed by atoms with Crippen molar-refractivity contribution in [2.45, 2.75) is 32.8 Å². The van der Waals surface area contributed by atoms with Gasteiger partial charge in [-0.1, -0.05) is 12.2 Å². The van der Waals surface area contributed by atoms with Crippen LogP contribution in [0.1, 0.15) is 26.7 Å². The summed E-state index contributed by atoms with van der Waals surface area (Å²) in [5.41, 5.74) is 0. The molecular weight excluding hydrogens is 288 g/mol. The fraction of sp³-hybridized carbons (Fsp3) is 0.600. The van der Waals surface area contributed by atoms with Gasteiger partial charge in [-0.05, 0) is 26.7 Å². The molecule has 7 nitrogen and oxygen atoms in total. The Balaban J connectivity index is 1.93. The zero-order valence-corrected chi connectivity index (χ0v) is 12.7. The minimum atomic E-state index is -0.954. The summed E-state index contributed by atoms with van der Waals surface area (Å²) in [4.78, 5) is 48.7. The molecule has 0 aromatic rings. The SMILES string of the molecule is CCNC(=O)[C@@H](C)OC(=O)CN1C(=O)[C@H]2CC=CC[C@H]2C1=O. The van der Waals surface area contributed by atoms with Crippen LogP contribution in [-0.2, 0) is 23.9 Å². The van der Waals surface area contributed by atoms with E-state index in [-0.39, 0.29) is 23.7 Å². The van der Waals surface area contributed by atoms with Gasteiger partial charge in [0.15, 0.2) is 6.10 Å². The number of hydrogen-bond donors (Lipinski definition) is 1. The van der Waals surface area contributed by atoms with Gasteiger partial charge in [-0.2, -0.15) is 0 Å². The molecule has 2 rings (SSSR count). The number of carbonyl (C=O) groups is 4. The number of hydrogen-bond acceptors (Lipinski definition) is 5. The van der Waals surface area contributed by atoms with Crippen LogP contribution >= 0.6 is 0 Å².